The summed E-state index contributed by atoms with van der Waals surface area (Å²) in [6, 6.07) is 0. The summed E-state index contributed by atoms with van der Waals surface area (Å²) in [5.74, 6) is 2.67. The molecule has 4 heteroatoms. The SMILES string of the molecule is CC(=O)C1(CN2CCOCC2)CCSCC1. The van der Waals surface area contributed by atoms with Crippen LogP contribution in [-0.2, 0) is 9.53 Å². The number of nitrogens with zero attached hydrogens (tertiary/aromatic N) is 1. The van der Waals surface area contributed by atoms with Gasteiger partial charge in [0.05, 0.1) is 13.2 Å². The number of thioether (sulfide) groups is 1. The summed E-state index contributed by atoms with van der Waals surface area (Å²) in [6.45, 7) is 6.35. The third kappa shape index (κ3) is 2.79. The maximum atomic E-state index is 11.9. The second kappa shape index (κ2) is 5.52. The van der Waals surface area contributed by atoms with Crippen molar-refractivity contribution >= 4 is 17.5 Å². The lowest BCUT2D eigenvalue weighted by Crippen LogP contribution is -2.48. The van der Waals surface area contributed by atoms with Gasteiger partial charge in [0.15, 0.2) is 0 Å². The Bertz CT molecular complexity index is 245. The molecule has 0 aromatic heterocycles. The van der Waals surface area contributed by atoms with Crippen LogP contribution < -0.4 is 0 Å². The topological polar surface area (TPSA) is 29.5 Å². The van der Waals surface area contributed by atoms with Gasteiger partial charge < -0.3 is 4.74 Å². The first kappa shape index (κ1) is 12.4. The quantitative estimate of drug-likeness (QED) is 0.750. The maximum Gasteiger partial charge on any atom is 0.137 e. The van der Waals surface area contributed by atoms with Gasteiger partial charge >= 0.3 is 0 Å². The lowest BCUT2D eigenvalue weighted by molar-refractivity contribution is -0.129. The Morgan fingerprint density at radius 3 is 2.50 bits per heavy atom. The highest BCUT2D eigenvalue weighted by molar-refractivity contribution is 7.99. The van der Waals surface area contributed by atoms with Crippen molar-refractivity contribution in [1.82, 2.24) is 4.90 Å². The molecule has 0 aliphatic carbocycles. The van der Waals surface area contributed by atoms with Crippen molar-refractivity contribution < 1.29 is 9.53 Å². The summed E-state index contributed by atoms with van der Waals surface area (Å²) in [7, 11) is 0. The Morgan fingerprint density at radius 2 is 1.94 bits per heavy atom. The zero-order valence-corrected chi connectivity index (χ0v) is 10.9. The molecule has 0 spiro atoms. The molecule has 0 amide bonds. The van der Waals surface area contributed by atoms with Crippen LogP contribution in [0.25, 0.3) is 0 Å². The van der Waals surface area contributed by atoms with Gasteiger partial charge in [-0.2, -0.15) is 11.8 Å². The number of Topliss-reactive ketones (excluding diaryl/α,β-unsaturated/α-hetero) is 1. The third-order valence-corrected chi connectivity index (χ3v) is 4.81. The van der Waals surface area contributed by atoms with E-state index < -0.39 is 0 Å². The van der Waals surface area contributed by atoms with Gasteiger partial charge in [-0.1, -0.05) is 0 Å². The Balaban J connectivity index is 1.98. The summed E-state index contributed by atoms with van der Waals surface area (Å²) in [6.07, 6.45) is 2.12. The van der Waals surface area contributed by atoms with E-state index in [0.29, 0.717) is 5.78 Å². The number of rotatable bonds is 3. The first-order chi connectivity index (χ1) is 7.73. The normalized spacial score (nSPS) is 26.6. The number of ether oxygens (including phenoxy) is 1. The van der Waals surface area contributed by atoms with Gasteiger partial charge in [-0.3, -0.25) is 9.69 Å². The van der Waals surface area contributed by atoms with Crippen LogP contribution in [0.2, 0.25) is 0 Å². The van der Waals surface area contributed by atoms with Crippen LogP contribution in [0.15, 0.2) is 0 Å². The molecule has 2 fully saturated rings. The van der Waals surface area contributed by atoms with Gasteiger partial charge in [-0.05, 0) is 31.3 Å². The molecule has 0 atom stereocenters. The zero-order chi connectivity index (χ0) is 11.4. The highest BCUT2D eigenvalue weighted by Crippen LogP contribution is 2.36. The molecule has 0 N–H and O–H groups in total. The fourth-order valence-corrected chi connectivity index (χ4v) is 3.85. The van der Waals surface area contributed by atoms with Crippen molar-refractivity contribution in [3.8, 4) is 0 Å². The minimum Gasteiger partial charge on any atom is -0.379 e. The van der Waals surface area contributed by atoms with Gasteiger partial charge in [-0.15, -0.1) is 0 Å². The molecule has 0 unspecified atom stereocenters. The second-order valence-electron chi connectivity index (χ2n) is 4.84. The molecule has 2 heterocycles. The van der Waals surface area contributed by atoms with Gasteiger partial charge in [0.25, 0.3) is 0 Å². The van der Waals surface area contributed by atoms with Crippen molar-refractivity contribution in [2.75, 3.05) is 44.4 Å². The van der Waals surface area contributed by atoms with Crippen LogP contribution in [0.4, 0.5) is 0 Å². The Kier molecular flexibility index (Phi) is 4.27. The molecule has 0 aromatic carbocycles. The molecule has 0 saturated carbocycles. The van der Waals surface area contributed by atoms with Crippen molar-refractivity contribution in [3.05, 3.63) is 0 Å². The number of hydrogen-bond acceptors (Lipinski definition) is 4. The molecule has 0 radical (unpaired) electrons. The summed E-state index contributed by atoms with van der Waals surface area (Å²) >= 11 is 1.98. The van der Waals surface area contributed by atoms with Crippen molar-refractivity contribution in [3.63, 3.8) is 0 Å². The number of morpholine rings is 1. The first-order valence-corrected chi connectivity index (χ1v) is 7.27. The molecule has 2 aliphatic heterocycles. The van der Waals surface area contributed by atoms with E-state index in [-0.39, 0.29) is 5.41 Å². The molecule has 0 aromatic rings. The molecular weight excluding hydrogens is 222 g/mol. The van der Waals surface area contributed by atoms with E-state index in [0.717, 1.165) is 57.2 Å². The molecule has 3 nitrogen and oxygen atoms in total. The van der Waals surface area contributed by atoms with E-state index in [9.17, 15) is 4.79 Å². The monoisotopic (exact) mass is 243 g/mol. The summed E-state index contributed by atoms with van der Waals surface area (Å²) in [5, 5.41) is 0. The fourth-order valence-electron chi connectivity index (χ4n) is 2.57. The highest BCUT2D eigenvalue weighted by atomic mass is 32.2. The molecule has 2 aliphatic rings. The van der Waals surface area contributed by atoms with Crippen molar-refractivity contribution in [2.24, 2.45) is 5.41 Å². The average molecular weight is 243 g/mol. The molecule has 2 rings (SSSR count). The third-order valence-electron chi connectivity index (χ3n) is 3.83. The van der Waals surface area contributed by atoms with Crippen molar-refractivity contribution in [2.45, 2.75) is 19.8 Å². The summed E-state index contributed by atoms with van der Waals surface area (Å²) < 4.78 is 5.35. The van der Waals surface area contributed by atoms with E-state index in [1.807, 2.05) is 11.8 Å². The zero-order valence-electron chi connectivity index (χ0n) is 10.0. The van der Waals surface area contributed by atoms with Crippen LogP contribution in [0.1, 0.15) is 19.8 Å². The highest BCUT2D eigenvalue weighted by Gasteiger charge is 2.38. The molecule has 92 valence electrons. The Morgan fingerprint density at radius 1 is 1.31 bits per heavy atom. The van der Waals surface area contributed by atoms with Crippen LogP contribution in [0.3, 0.4) is 0 Å². The van der Waals surface area contributed by atoms with Gasteiger partial charge in [0.2, 0.25) is 0 Å². The first-order valence-electron chi connectivity index (χ1n) is 6.12. The Hall–Kier alpha value is -0.0600. The second-order valence-corrected chi connectivity index (χ2v) is 6.06. The smallest absolute Gasteiger partial charge is 0.137 e. The minimum atomic E-state index is -0.0530. The summed E-state index contributed by atoms with van der Waals surface area (Å²) in [4.78, 5) is 14.3. The van der Waals surface area contributed by atoms with Crippen molar-refractivity contribution in [1.29, 1.82) is 0 Å². The Labute approximate surface area is 102 Å². The lowest BCUT2D eigenvalue weighted by atomic mass is 9.78. The van der Waals surface area contributed by atoms with Gasteiger partial charge in [0.1, 0.15) is 5.78 Å². The van der Waals surface area contributed by atoms with Gasteiger partial charge in [-0.25, -0.2) is 0 Å². The predicted octanol–water partition coefficient (Wildman–Crippen LogP) is 1.42. The predicted molar refractivity (Wildman–Crippen MR) is 66.9 cm³/mol. The largest absolute Gasteiger partial charge is 0.379 e. The molecule has 0 bridgehead atoms. The van der Waals surface area contributed by atoms with Gasteiger partial charge in [0, 0.05) is 25.0 Å². The van der Waals surface area contributed by atoms with Crippen LogP contribution in [-0.4, -0.2) is 55.0 Å². The molecular formula is C12H21NO2S. The lowest BCUT2D eigenvalue weighted by Gasteiger charge is -2.40. The molecule has 2 saturated heterocycles. The van der Waals surface area contributed by atoms with Crippen LogP contribution >= 0.6 is 11.8 Å². The maximum absolute atomic E-state index is 11.9. The van der Waals surface area contributed by atoms with E-state index in [4.69, 9.17) is 4.74 Å². The minimum absolute atomic E-state index is 0.0530. The standard InChI is InChI=1S/C12H21NO2S/c1-11(14)12(2-8-16-9-3-12)10-13-4-6-15-7-5-13/h2-10H2,1H3. The van der Waals surface area contributed by atoms with E-state index in [1.165, 1.54) is 0 Å². The van der Waals surface area contributed by atoms with E-state index >= 15 is 0 Å². The van der Waals surface area contributed by atoms with Crippen LogP contribution in [0.5, 0.6) is 0 Å². The number of ketones is 1. The molecule has 16 heavy (non-hydrogen) atoms. The van der Waals surface area contributed by atoms with E-state index in [2.05, 4.69) is 4.90 Å². The fraction of sp³-hybridized carbons (Fsp3) is 0.917. The number of hydrogen-bond donors (Lipinski definition) is 0. The van der Waals surface area contributed by atoms with Crippen LogP contribution in [0, 0.1) is 5.41 Å². The summed E-state index contributed by atoms with van der Waals surface area (Å²) in [5.41, 5.74) is -0.0530. The number of carbonyl (C=O) groups is 1. The van der Waals surface area contributed by atoms with E-state index in [1.54, 1.807) is 6.92 Å². The number of carbonyl (C=O) groups excluding carboxylic acids is 1. The average Bonchev–Trinajstić information content (AvgIpc) is 2.31.